The lowest BCUT2D eigenvalue weighted by Gasteiger charge is -2.30. The van der Waals surface area contributed by atoms with Crippen molar-refractivity contribution in [3.8, 4) is 6.07 Å². The Morgan fingerprint density at radius 2 is 2.43 bits per heavy atom. The normalized spacial score (nSPS) is 24.1. The van der Waals surface area contributed by atoms with Crippen molar-refractivity contribution >= 4 is 5.91 Å². The number of nitrogens with one attached hydrogen (secondary N) is 1. The molecule has 1 aliphatic heterocycles. The van der Waals surface area contributed by atoms with Crippen molar-refractivity contribution in [1.29, 1.82) is 5.26 Å². The minimum atomic E-state index is -0.262. The molecule has 1 N–H and O–H groups in total. The Labute approximate surface area is 84.9 Å². The van der Waals surface area contributed by atoms with E-state index < -0.39 is 0 Å². The first-order valence-corrected chi connectivity index (χ1v) is 5.07. The molecule has 0 saturated carbocycles. The number of nitrogens with zero attached hydrogens (tertiary/aromatic N) is 2. The van der Waals surface area contributed by atoms with Gasteiger partial charge in [0.25, 0.3) is 0 Å². The highest BCUT2D eigenvalue weighted by molar-refractivity contribution is 5.82. The Morgan fingerprint density at radius 3 is 3.00 bits per heavy atom. The van der Waals surface area contributed by atoms with E-state index in [0.717, 1.165) is 19.5 Å². The Morgan fingerprint density at radius 1 is 1.71 bits per heavy atom. The number of rotatable bonds is 2. The van der Waals surface area contributed by atoms with Crippen LogP contribution in [0, 0.1) is 11.3 Å². The van der Waals surface area contributed by atoms with Gasteiger partial charge in [-0.05, 0) is 20.3 Å². The van der Waals surface area contributed by atoms with E-state index in [1.165, 1.54) is 0 Å². The summed E-state index contributed by atoms with van der Waals surface area (Å²) in [5, 5.41) is 11.5. The maximum Gasteiger partial charge on any atom is 0.238 e. The molecule has 1 aliphatic rings. The molecule has 1 atom stereocenters. The highest BCUT2D eigenvalue weighted by atomic mass is 16.2. The molecule has 1 rings (SSSR count). The summed E-state index contributed by atoms with van der Waals surface area (Å²) in [4.78, 5) is 13.7. The molecule has 1 fully saturated rings. The van der Waals surface area contributed by atoms with Crippen LogP contribution in [-0.4, -0.2) is 36.0 Å². The van der Waals surface area contributed by atoms with Crippen LogP contribution in [0.4, 0.5) is 0 Å². The Hall–Kier alpha value is -1.08. The van der Waals surface area contributed by atoms with Crippen molar-refractivity contribution in [2.45, 2.75) is 38.8 Å². The molecule has 14 heavy (non-hydrogen) atoms. The van der Waals surface area contributed by atoms with E-state index in [9.17, 15) is 4.79 Å². The second kappa shape index (κ2) is 4.97. The van der Waals surface area contributed by atoms with Gasteiger partial charge in [0.2, 0.25) is 5.91 Å². The summed E-state index contributed by atoms with van der Waals surface area (Å²) in [5.74, 6) is -0.00208. The molecule has 0 radical (unpaired) electrons. The summed E-state index contributed by atoms with van der Waals surface area (Å²) < 4.78 is 0. The summed E-state index contributed by atoms with van der Waals surface area (Å²) >= 11 is 0. The lowest BCUT2D eigenvalue weighted by molar-refractivity contribution is -0.125. The smallest absolute Gasteiger partial charge is 0.238 e. The third kappa shape index (κ3) is 2.46. The molecule has 78 valence electrons. The Kier molecular flexibility index (Phi) is 3.90. The van der Waals surface area contributed by atoms with Crippen LogP contribution in [0.25, 0.3) is 0 Å². The van der Waals surface area contributed by atoms with Gasteiger partial charge < -0.3 is 5.32 Å². The van der Waals surface area contributed by atoms with E-state index in [1.807, 2.05) is 0 Å². The van der Waals surface area contributed by atoms with Crippen LogP contribution in [0.3, 0.4) is 0 Å². The van der Waals surface area contributed by atoms with Gasteiger partial charge in [0.1, 0.15) is 6.04 Å². The lowest BCUT2D eigenvalue weighted by Crippen LogP contribution is -2.47. The topological polar surface area (TPSA) is 56.1 Å². The predicted octanol–water partition coefficient (Wildman–Crippen LogP) is 0.499. The van der Waals surface area contributed by atoms with Crippen LogP contribution < -0.4 is 5.32 Å². The molecule has 0 aliphatic carbocycles. The molecule has 0 aromatic heterocycles. The third-order valence-corrected chi connectivity index (χ3v) is 2.54. The molecule has 0 aromatic rings. The molecule has 4 nitrogen and oxygen atoms in total. The molecular weight excluding hydrogens is 178 g/mol. The fraction of sp³-hybridized carbons (Fsp3) is 0.800. The summed E-state index contributed by atoms with van der Waals surface area (Å²) in [6, 6.07) is 2.13. The zero-order valence-electron chi connectivity index (χ0n) is 8.79. The van der Waals surface area contributed by atoms with Gasteiger partial charge in [-0.2, -0.15) is 5.26 Å². The maximum absolute atomic E-state index is 11.6. The van der Waals surface area contributed by atoms with Crippen molar-refractivity contribution in [3.05, 3.63) is 0 Å². The minimum Gasteiger partial charge on any atom is -0.355 e. The Balaban J connectivity index is 2.76. The molecule has 1 heterocycles. The molecule has 1 unspecified atom stereocenters. The number of hydrogen-bond acceptors (Lipinski definition) is 3. The highest BCUT2D eigenvalue weighted by Crippen LogP contribution is 2.12. The first-order valence-electron chi connectivity index (χ1n) is 5.07. The van der Waals surface area contributed by atoms with Gasteiger partial charge in [-0.1, -0.05) is 0 Å². The fourth-order valence-electron chi connectivity index (χ4n) is 1.81. The van der Waals surface area contributed by atoms with E-state index >= 15 is 0 Å². The van der Waals surface area contributed by atoms with Crippen LogP contribution in [0.2, 0.25) is 0 Å². The van der Waals surface area contributed by atoms with Crippen molar-refractivity contribution in [3.63, 3.8) is 0 Å². The monoisotopic (exact) mass is 195 g/mol. The molecule has 0 aromatic carbocycles. The van der Waals surface area contributed by atoms with E-state index in [0.29, 0.717) is 6.04 Å². The zero-order valence-corrected chi connectivity index (χ0v) is 8.79. The van der Waals surface area contributed by atoms with E-state index in [-0.39, 0.29) is 18.4 Å². The van der Waals surface area contributed by atoms with E-state index in [1.54, 1.807) is 0 Å². The van der Waals surface area contributed by atoms with Crippen molar-refractivity contribution in [2.75, 3.05) is 13.1 Å². The van der Waals surface area contributed by atoms with Crippen molar-refractivity contribution in [2.24, 2.45) is 0 Å². The first-order chi connectivity index (χ1) is 6.66. The van der Waals surface area contributed by atoms with Gasteiger partial charge in [-0.25, -0.2) is 0 Å². The molecule has 4 heteroatoms. The number of nitriles is 1. The van der Waals surface area contributed by atoms with Gasteiger partial charge in [0.15, 0.2) is 0 Å². The van der Waals surface area contributed by atoms with Gasteiger partial charge in [0, 0.05) is 19.1 Å². The molecule has 0 spiro atoms. The average molecular weight is 195 g/mol. The van der Waals surface area contributed by atoms with Gasteiger partial charge >= 0.3 is 0 Å². The Bertz CT molecular complexity index is 244. The minimum absolute atomic E-state index is 0.00208. The summed E-state index contributed by atoms with van der Waals surface area (Å²) in [6.07, 6.45) is 1.25. The molecule has 1 amide bonds. The predicted molar refractivity (Wildman–Crippen MR) is 53.5 cm³/mol. The summed E-state index contributed by atoms with van der Waals surface area (Å²) in [7, 11) is 0. The van der Waals surface area contributed by atoms with Crippen LogP contribution in [0.15, 0.2) is 0 Å². The van der Waals surface area contributed by atoms with Gasteiger partial charge in [0.05, 0.1) is 12.5 Å². The highest BCUT2D eigenvalue weighted by Gasteiger charge is 2.29. The van der Waals surface area contributed by atoms with Crippen LogP contribution in [-0.2, 0) is 4.79 Å². The molecular formula is C10H17N3O. The SMILES string of the molecule is CC(C)N1CCCNC(=O)C1CC#N. The van der Waals surface area contributed by atoms with Crippen LogP contribution in [0.1, 0.15) is 26.7 Å². The molecule has 0 bridgehead atoms. The maximum atomic E-state index is 11.6. The number of amides is 1. The largest absolute Gasteiger partial charge is 0.355 e. The third-order valence-electron chi connectivity index (χ3n) is 2.54. The van der Waals surface area contributed by atoms with E-state index in [2.05, 4.69) is 30.1 Å². The number of hydrogen-bond donors (Lipinski definition) is 1. The molecule has 1 saturated heterocycles. The van der Waals surface area contributed by atoms with Crippen molar-refractivity contribution in [1.82, 2.24) is 10.2 Å². The van der Waals surface area contributed by atoms with E-state index in [4.69, 9.17) is 5.26 Å². The van der Waals surface area contributed by atoms with Crippen molar-refractivity contribution < 1.29 is 4.79 Å². The zero-order chi connectivity index (χ0) is 10.6. The van der Waals surface area contributed by atoms with Gasteiger partial charge in [-0.3, -0.25) is 9.69 Å². The van der Waals surface area contributed by atoms with Crippen LogP contribution in [0.5, 0.6) is 0 Å². The lowest BCUT2D eigenvalue weighted by atomic mass is 10.1. The van der Waals surface area contributed by atoms with Crippen LogP contribution >= 0.6 is 0 Å². The second-order valence-electron chi connectivity index (χ2n) is 3.85. The number of carbonyl (C=O) groups is 1. The average Bonchev–Trinajstić information content (AvgIpc) is 2.30. The standard InChI is InChI=1S/C10H17N3O/c1-8(2)13-7-3-6-12-10(14)9(13)4-5-11/h8-9H,3-4,6-7H2,1-2H3,(H,12,14). The van der Waals surface area contributed by atoms with Gasteiger partial charge in [-0.15, -0.1) is 0 Å². The second-order valence-corrected chi connectivity index (χ2v) is 3.85. The first kappa shape index (κ1) is 11.0. The quantitative estimate of drug-likeness (QED) is 0.698. The fourth-order valence-corrected chi connectivity index (χ4v) is 1.81. The summed E-state index contributed by atoms with van der Waals surface area (Å²) in [5.41, 5.74) is 0. The summed E-state index contributed by atoms with van der Waals surface area (Å²) in [6.45, 7) is 5.73. The number of carbonyl (C=O) groups excluding carboxylic acids is 1.